The van der Waals surface area contributed by atoms with Crippen molar-refractivity contribution in [2.45, 2.75) is 31.2 Å². The van der Waals surface area contributed by atoms with Gasteiger partial charge >= 0.3 is 0 Å². The average molecular weight is 360 g/mol. The van der Waals surface area contributed by atoms with Gasteiger partial charge in [-0.05, 0) is 31.0 Å². The van der Waals surface area contributed by atoms with Crippen LogP contribution in [0.15, 0.2) is 59.5 Å². The van der Waals surface area contributed by atoms with Crippen molar-refractivity contribution in [1.29, 1.82) is 0 Å². The molecule has 0 saturated carbocycles. The minimum atomic E-state index is -3.69. The molecular formula is C19H24N2O3S. The van der Waals surface area contributed by atoms with E-state index in [0.29, 0.717) is 0 Å². The molecule has 0 spiro atoms. The monoisotopic (exact) mass is 360 g/mol. The minimum Gasteiger partial charge on any atom is -0.348 e. The van der Waals surface area contributed by atoms with Crippen molar-refractivity contribution in [3.05, 3.63) is 65.7 Å². The zero-order valence-corrected chi connectivity index (χ0v) is 15.6. The molecule has 0 radical (unpaired) electrons. The Labute approximate surface area is 149 Å². The number of hydrogen-bond acceptors (Lipinski definition) is 3. The fraction of sp³-hybridized carbons (Fsp3) is 0.316. The maximum atomic E-state index is 12.6. The summed E-state index contributed by atoms with van der Waals surface area (Å²) in [5, 5.41) is 2.90. The largest absolute Gasteiger partial charge is 0.348 e. The molecule has 2 aromatic rings. The predicted octanol–water partition coefficient (Wildman–Crippen LogP) is 2.88. The Balaban J connectivity index is 2.05. The lowest BCUT2D eigenvalue weighted by Crippen LogP contribution is -2.39. The van der Waals surface area contributed by atoms with E-state index in [2.05, 4.69) is 5.32 Å². The molecule has 0 fully saturated rings. The van der Waals surface area contributed by atoms with Gasteiger partial charge in [0.15, 0.2) is 0 Å². The van der Waals surface area contributed by atoms with E-state index in [1.165, 1.54) is 7.05 Å². The van der Waals surface area contributed by atoms with Gasteiger partial charge in [-0.1, -0.05) is 55.0 Å². The van der Waals surface area contributed by atoms with Crippen LogP contribution in [-0.4, -0.2) is 32.2 Å². The Bertz CT molecular complexity index is 802. The number of nitrogens with zero attached hydrogens (tertiary/aromatic N) is 1. The van der Waals surface area contributed by atoms with Crippen LogP contribution in [0.3, 0.4) is 0 Å². The third kappa shape index (κ3) is 4.90. The van der Waals surface area contributed by atoms with Gasteiger partial charge in [0.25, 0.3) is 0 Å². The number of sulfonamides is 1. The molecule has 1 amide bonds. The molecule has 134 valence electrons. The molecule has 0 aliphatic heterocycles. The molecular weight excluding hydrogens is 336 g/mol. The Morgan fingerprint density at radius 3 is 2.24 bits per heavy atom. The molecule has 1 unspecified atom stereocenters. The van der Waals surface area contributed by atoms with Gasteiger partial charge in [-0.3, -0.25) is 4.79 Å². The summed E-state index contributed by atoms with van der Waals surface area (Å²) in [5.41, 5.74) is 1.98. The van der Waals surface area contributed by atoms with Gasteiger partial charge in [0.2, 0.25) is 15.9 Å². The van der Waals surface area contributed by atoms with Gasteiger partial charge in [0.05, 0.1) is 17.5 Å². The molecule has 6 heteroatoms. The van der Waals surface area contributed by atoms with E-state index in [1.807, 2.05) is 44.2 Å². The van der Waals surface area contributed by atoms with Crippen LogP contribution >= 0.6 is 0 Å². The molecule has 2 rings (SSSR count). The number of likely N-dealkylation sites (N-methyl/N-ethyl adjacent to an activating group) is 1. The van der Waals surface area contributed by atoms with Crippen molar-refractivity contribution < 1.29 is 13.2 Å². The molecule has 25 heavy (non-hydrogen) atoms. The van der Waals surface area contributed by atoms with Crippen molar-refractivity contribution in [2.24, 2.45) is 0 Å². The zero-order chi connectivity index (χ0) is 18.4. The van der Waals surface area contributed by atoms with E-state index in [4.69, 9.17) is 0 Å². The van der Waals surface area contributed by atoms with Crippen LogP contribution in [0.1, 0.15) is 30.5 Å². The van der Waals surface area contributed by atoms with Gasteiger partial charge in [0.1, 0.15) is 0 Å². The fourth-order valence-corrected chi connectivity index (χ4v) is 3.65. The Morgan fingerprint density at radius 2 is 1.68 bits per heavy atom. The van der Waals surface area contributed by atoms with Crippen LogP contribution in [0.25, 0.3) is 0 Å². The predicted molar refractivity (Wildman–Crippen MR) is 98.6 cm³/mol. The normalized spacial score (nSPS) is 12.8. The van der Waals surface area contributed by atoms with Crippen molar-refractivity contribution in [1.82, 2.24) is 9.62 Å². The summed E-state index contributed by atoms with van der Waals surface area (Å²) in [6.45, 7) is 3.65. The van der Waals surface area contributed by atoms with E-state index >= 15 is 0 Å². The maximum absolute atomic E-state index is 12.6. The third-order valence-electron chi connectivity index (χ3n) is 4.04. The summed E-state index contributed by atoms with van der Waals surface area (Å²) in [7, 11) is -2.27. The van der Waals surface area contributed by atoms with Crippen LogP contribution < -0.4 is 5.32 Å². The van der Waals surface area contributed by atoms with Crippen LogP contribution in [0.2, 0.25) is 0 Å². The standard InChI is InChI=1S/C19H24N2O3S/c1-4-18(16-8-6-5-7-9-16)20-19(22)14-21(3)25(23,24)17-12-10-15(2)11-13-17/h5-13,18H,4,14H2,1-3H3,(H,20,22). The van der Waals surface area contributed by atoms with E-state index in [9.17, 15) is 13.2 Å². The number of rotatable bonds is 7. The molecule has 2 aromatic carbocycles. The highest BCUT2D eigenvalue weighted by atomic mass is 32.2. The minimum absolute atomic E-state index is 0.135. The summed E-state index contributed by atoms with van der Waals surface area (Å²) in [5.74, 6) is -0.325. The number of amides is 1. The molecule has 0 bridgehead atoms. The molecule has 0 aliphatic rings. The topological polar surface area (TPSA) is 66.5 Å². The summed E-state index contributed by atoms with van der Waals surface area (Å²) in [4.78, 5) is 12.5. The second-order valence-corrected chi connectivity index (χ2v) is 8.06. The second kappa shape index (κ2) is 8.27. The van der Waals surface area contributed by atoms with Crippen molar-refractivity contribution in [3.63, 3.8) is 0 Å². The van der Waals surface area contributed by atoms with Crippen molar-refractivity contribution in [3.8, 4) is 0 Å². The van der Waals surface area contributed by atoms with Gasteiger partial charge in [0, 0.05) is 7.05 Å². The van der Waals surface area contributed by atoms with Gasteiger partial charge < -0.3 is 5.32 Å². The number of nitrogens with one attached hydrogen (secondary N) is 1. The van der Waals surface area contributed by atoms with E-state index < -0.39 is 10.0 Å². The van der Waals surface area contributed by atoms with E-state index in [1.54, 1.807) is 24.3 Å². The quantitative estimate of drug-likeness (QED) is 0.826. The third-order valence-corrected chi connectivity index (χ3v) is 5.86. The smallest absolute Gasteiger partial charge is 0.243 e. The Hall–Kier alpha value is -2.18. The van der Waals surface area contributed by atoms with Crippen LogP contribution in [0.4, 0.5) is 0 Å². The molecule has 1 atom stereocenters. The zero-order valence-electron chi connectivity index (χ0n) is 14.8. The lowest BCUT2D eigenvalue weighted by molar-refractivity contribution is -0.121. The van der Waals surface area contributed by atoms with Gasteiger partial charge in [-0.15, -0.1) is 0 Å². The highest BCUT2D eigenvalue weighted by molar-refractivity contribution is 7.89. The number of carbonyl (C=O) groups is 1. The fourth-order valence-electron chi connectivity index (χ4n) is 2.52. The summed E-state index contributed by atoms with van der Waals surface area (Å²) in [6.07, 6.45) is 0.726. The van der Waals surface area contributed by atoms with Crippen molar-refractivity contribution >= 4 is 15.9 Å². The molecule has 5 nitrogen and oxygen atoms in total. The number of hydrogen-bond donors (Lipinski definition) is 1. The number of carbonyl (C=O) groups excluding carboxylic acids is 1. The highest BCUT2D eigenvalue weighted by Crippen LogP contribution is 2.17. The SMILES string of the molecule is CCC(NC(=O)CN(C)S(=O)(=O)c1ccc(C)cc1)c1ccccc1. The van der Waals surface area contributed by atoms with E-state index in [-0.39, 0.29) is 23.4 Å². The number of aryl methyl sites for hydroxylation is 1. The Morgan fingerprint density at radius 1 is 1.08 bits per heavy atom. The Kier molecular flexibility index (Phi) is 6.33. The first-order valence-corrected chi connectivity index (χ1v) is 9.66. The average Bonchev–Trinajstić information content (AvgIpc) is 2.60. The van der Waals surface area contributed by atoms with Crippen LogP contribution in [-0.2, 0) is 14.8 Å². The molecule has 0 heterocycles. The first kappa shape index (κ1) is 19.1. The van der Waals surface area contributed by atoms with E-state index in [0.717, 1.165) is 21.9 Å². The lowest BCUT2D eigenvalue weighted by atomic mass is 10.0. The first-order valence-electron chi connectivity index (χ1n) is 8.22. The van der Waals surface area contributed by atoms with Gasteiger partial charge in [-0.25, -0.2) is 8.42 Å². The van der Waals surface area contributed by atoms with Crippen molar-refractivity contribution in [2.75, 3.05) is 13.6 Å². The van der Waals surface area contributed by atoms with Crippen LogP contribution in [0, 0.1) is 6.92 Å². The summed E-state index contributed by atoms with van der Waals surface area (Å²) >= 11 is 0. The second-order valence-electron chi connectivity index (χ2n) is 6.01. The molecule has 0 aromatic heterocycles. The maximum Gasteiger partial charge on any atom is 0.243 e. The molecule has 1 N–H and O–H groups in total. The first-order chi connectivity index (χ1) is 11.8. The summed E-state index contributed by atoms with van der Waals surface area (Å²) in [6, 6.07) is 16.1. The lowest BCUT2D eigenvalue weighted by Gasteiger charge is -2.21. The van der Waals surface area contributed by atoms with Crippen LogP contribution in [0.5, 0.6) is 0 Å². The summed E-state index contributed by atoms with van der Waals surface area (Å²) < 4.78 is 26.2. The van der Waals surface area contributed by atoms with Gasteiger partial charge in [-0.2, -0.15) is 4.31 Å². The highest BCUT2D eigenvalue weighted by Gasteiger charge is 2.23. The molecule has 0 saturated heterocycles. The number of benzene rings is 2. The molecule has 0 aliphatic carbocycles.